The SMILES string of the molecule is COc1cc(CNn2c(-c3ccncc3)n[nH]c2=S)c(Cl)cc1OCc1ccc(F)cc1Cl. The zero-order chi connectivity index (χ0) is 23.4. The van der Waals surface area contributed by atoms with E-state index >= 15 is 0 Å². The van der Waals surface area contributed by atoms with E-state index in [2.05, 4.69) is 20.6 Å². The van der Waals surface area contributed by atoms with Gasteiger partial charge in [0.15, 0.2) is 17.3 Å². The average molecular weight is 506 g/mol. The van der Waals surface area contributed by atoms with Crippen LogP contribution in [0.3, 0.4) is 0 Å². The monoisotopic (exact) mass is 505 g/mol. The maximum absolute atomic E-state index is 13.3. The molecule has 0 aliphatic carbocycles. The normalized spacial score (nSPS) is 10.8. The number of halogens is 3. The van der Waals surface area contributed by atoms with Crippen molar-refractivity contribution in [2.75, 3.05) is 12.5 Å². The van der Waals surface area contributed by atoms with E-state index in [0.717, 1.165) is 11.1 Å². The van der Waals surface area contributed by atoms with Crippen molar-refractivity contribution in [1.82, 2.24) is 19.9 Å². The lowest BCUT2D eigenvalue weighted by Crippen LogP contribution is -2.16. The van der Waals surface area contributed by atoms with Crippen LogP contribution >= 0.6 is 35.4 Å². The van der Waals surface area contributed by atoms with Crippen molar-refractivity contribution < 1.29 is 13.9 Å². The highest BCUT2D eigenvalue weighted by Crippen LogP contribution is 2.34. The van der Waals surface area contributed by atoms with Gasteiger partial charge >= 0.3 is 0 Å². The van der Waals surface area contributed by atoms with Crippen molar-refractivity contribution in [1.29, 1.82) is 0 Å². The molecule has 11 heteroatoms. The number of benzene rings is 2. The molecule has 7 nitrogen and oxygen atoms in total. The van der Waals surface area contributed by atoms with Crippen LogP contribution in [-0.4, -0.2) is 27.0 Å². The van der Waals surface area contributed by atoms with Crippen LogP contribution < -0.4 is 14.9 Å². The van der Waals surface area contributed by atoms with Gasteiger partial charge in [0.1, 0.15) is 12.4 Å². The fourth-order valence-corrected chi connectivity index (χ4v) is 3.72. The third kappa shape index (κ3) is 5.27. The van der Waals surface area contributed by atoms with Crippen molar-refractivity contribution in [3.05, 3.63) is 86.6 Å². The van der Waals surface area contributed by atoms with Crippen LogP contribution in [0.4, 0.5) is 4.39 Å². The summed E-state index contributed by atoms with van der Waals surface area (Å²) in [5.74, 6) is 1.12. The first-order valence-corrected chi connectivity index (χ1v) is 10.9. The van der Waals surface area contributed by atoms with Crippen LogP contribution in [0.5, 0.6) is 11.5 Å². The van der Waals surface area contributed by atoms with Gasteiger partial charge in [-0.25, -0.2) is 14.2 Å². The van der Waals surface area contributed by atoms with Crippen molar-refractivity contribution in [2.45, 2.75) is 13.2 Å². The number of rotatable bonds is 8. The van der Waals surface area contributed by atoms with Crippen molar-refractivity contribution in [3.8, 4) is 22.9 Å². The molecule has 4 rings (SSSR count). The number of methoxy groups -OCH3 is 1. The van der Waals surface area contributed by atoms with E-state index in [-0.39, 0.29) is 11.6 Å². The molecule has 2 aromatic carbocycles. The molecule has 4 aromatic rings. The Balaban J connectivity index is 1.52. The van der Waals surface area contributed by atoms with Gasteiger partial charge in [0.05, 0.1) is 18.7 Å². The highest BCUT2D eigenvalue weighted by molar-refractivity contribution is 7.71. The first kappa shape index (κ1) is 23.0. The number of H-pyrrole nitrogens is 1. The second-order valence-corrected chi connectivity index (χ2v) is 8.08. The molecule has 0 spiro atoms. The smallest absolute Gasteiger partial charge is 0.214 e. The second-order valence-electron chi connectivity index (χ2n) is 6.88. The maximum Gasteiger partial charge on any atom is 0.214 e. The Morgan fingerprint density at radius 3 is 2.55 bits per heavy atom. The van der Waals surface area contributed by atoms with Crippen LogP contribution in [-0.2, 0) is 13.2 Å². The minimum absolute atomic E-state index is 0.128. The molecule has 0 aliphatic heterocycles. The van der Waals surface area contributed by atoms with E-state index < -0.39 is 5.82 Å². The summed E-state index contributed by atoms with van der Waals surface area (Å²) >= 11 is 17.9. The van der Waals surface area contributed by atoms with E-state index in [1.54, 1.807) is 35.3 Å². The van der Waals surface area contributed by atoms with Crippen LogP contribution in [0.25, 0.3) is 11.4 Å². The molecule has 0 bridgehead atoms. The summed E-state index contributed by atoms with van der Waals surface area (Å²) in [6.07, 6.45) is 3.36. The summed E-state index contributed by atoms with van der Waals surface area (Å²) in [6, 6.07) is 11.2. The topological polar surface area (TPSA) is 77.0 Å². The molecule has 0 saturated heterocycles. The zero-order valence-electron chi connectivity index (χ0n) is 17.3. The van der Waals surface area contributed by atoms with Gasteiger partial charge in [-0.3, -0.25) is 4.98 Å². The van der Waals surface area contributed by atoms with E-state index in [4.69, 9.17) is 44.9 Å². The van der Waals surface area contributed by atoms with Gasteiger partial charge in [0.25, 0.3) is 0 Å². The Kier molecular flexibility index (Phi) is 7.12. The second kappa shape index (κ2) is 10.2. The number of hydrogen-bond acceptors (Lipinski definition) is 6. The number of pyridine rings is 1. The summed E-state index contributed by atoms with van der Waals surface area (Å²) in [5, 5.41) is 7.80. The van der Waals surface area contributed by atoms with Gasteiger partial charge in [-0.1, -0.05) is 29.3 Å². The molecule has 2 aromatic heterocycles. The molecular formula is C22H18Cl2FN5O2S. The molecule has 170 valence electrons. The standard InChI is InChI=1S/C22H18Cl2FN5O2S/c1-31-19-8-15(11-27-30-21(28-29-22(30)33)13-4-6-26-7-5-13)18(24)10-20(19)32-12-14-2-3-16(25)9-17(14)23/h2-10,27H,11-12H2,1H3,(H,29,33). The fraction of sp³-hybridized carbons (Fsp3) is 0.136. The Morgan fingerprint density at radius 2 is 1.82 bits per heavy atom. The summed E-state index contributed by atoms with van der Waals surface area (Å²) < 4.78 is 26.6. The third-order valence-corrected chi connectivity index (χ3v) is 5.75. The predicted molar refractivity (Wildman–Crippen MR) is 127 cm³/mol. The first-order valence-electron chi connectivity index (χ1n) is 9.71. The maximum atomic E-state index is 13.3. The molecule has 0 aliphatic rings. The van der Waals surface area contributed by atoms with Crippen molar-refractivity contribution in [3.63, 3.8) is 0 Å². The number of nitrogens with one attached hydrogen (secondary N) is 2. The summed E-state index contributed by atoms with van der Waals surface area (Å²) in [6.45, 7) is 0.466. The number of aromatic nitrogens is 4. The Morgan fingerprint density at radius 1 is 1.06 bits per heavy atom. The molecule has 0 radical (unpaired) electrons. The van der Waals surface area contributed by atoms with Gasteiger partial charge in [0, 0.05) is 34.6 Å². The lowest BCUT2D eigenvalue weighted by atomic mass is 10.2. The molecule has 0 amide bonds. The lowest BCUT2D eigenvalue weighted by molar-refractivity contribution is 0.284. The molecule has 2 N–H and O–H groups in total. The van der Waals surface area contributed by atoms with Crippen LogP contribution in [0, 0.1) is 10.6 Å². The van der Waals surface area contributed by atoms with Crippen LogP contribution in [0.15, 0.2) is 54.9 Å². The Labute approximate surface area is 204 Å². The lowest BCUT2D eigenvalue weighted by Gasteiger charge is -2.16. The Hall–Kier alpha value is -3.14. The number of ether oxygens (including phenoxy) is 2. The van der Waals surface area contributed by atoms with Gasteiger partial charge in [0.2, 0.25) is 4.77 Å². The molecule has 0 fully saturated rings. The fourth-order valence-electron chi connectivity index (χ4n) is 3.08. The van der Waals surface area contributed by atoms with E-state index in [1.165, 1.54) is 19.2 Å². The highest BCUT2D eigenvalue weighted by Gasteiger charge is 2.14. The van der Waals surface area contributed by atoms with Crippen molar-refractivity contribution in [2.24, 2.45) is 0 Å². The van der Waals surface area contributed by atoms with Crippen molar-refractivity contribution >= 4 is 35.4 Å². The zero-order valence-corrected chi connectivity index (χ0v) is 19.6. The summed E-state index contributed by atoms with van der Waals surface area (Å²) in [4.78, 5) is 4.02. The summed E-state index contributed by atoms with van der Waals surface area (Å²) in [5.41, 5.74) is 5.46. The first-order chi connectivity index (χ1) is 16.0. The van der Waals surface area contributed by atoms with Crippen LogP contribution in [0.1, 0.15) is 11.1 Å². The summed E-state index contributed by atoms with van der Waals surface area (Å²) in [7, 11) is 1.53. The van der Waals surface area contributed by atoms with Gasteiger partial charge in [-0.05, 0) is 48.1 Å². The molecule has 33 heavy (non-hydrogen) atoms. The van der Waals surface area contributed by atoms with Gasteiger partial charge < -0.3 is 14.9 Å². The van der Waals surface area contributed by atoms with E-state index in [0.29, 0.717) is 39.2 Å². The number of aromatic amines is 1. The minimum Gasteiger partial charge on any atom is -0.493 e. The van der Waals surface area contributed by atoms with Crippen LogP contribution in [0.2, 0.25) is 10.0 Å². The predicted octanol–water partition coefficient (Wildman–Crippen LogP) is 5.78. The average Bonchev–Trinajstić information content (AvgIpc) is 3.18. The molecule has 0 atom stereocenters. The minimum atomic E-state index is -0.411. The van der Waals surface area contributed by atoms with Gasteiger partial charge in [-0.2, -0.15) is 5.10 Å². The van der Waals surface area contributed by atoms with Gasteiger partial charge in [-0.15, -0.1) is 0 Å². The number of hydrogen-bond donors (Lipinski definition) is 2. The molecule has 0 unspecified atom stereocenters. The molecular weight excluding hydrogens is 488 g/mol. The quantitative estimate of drug-likeness (QED) is 0.295. The molecule has 0 saturated carbocycles. The Bertz CT molecular complexity index is 1330. The molecule has 2 heterocycles. The third-order valence-electron chi connectivity index (χ3n) is 4.77. The van der Waals surface area contributed by atoms with E-state index in [9.17, 15) is 4.39 Å². The number of nitrogens with zero attached hydrogens (tertiary/aromatic N) is 3. The van der Waals surface area contributed by atoms with E-state index in [1.807, 2.05) is 12.1 Å². The highest BCUT2D eigenvalue weighted by atomic mass is 35.5. The largest absolute Gasteiger partial charge is 0.493 e.